The first-order chi connectivity index (χ1) is 16.9. The zero-order chi connectivity index (χ0) is 24.9. The predicted molar refractivity (Wildman–Crippen MR) is 124 cm³/mol. The quantitative estimate of drug-likeness (QED) is 0.481. The lowest BCUT2D eigenvalue weighted by Crippen LogP contribution is -2.40. The van der Waals surface area contributed by atoms with E-state index in [1.54, 1.807) is 24.3 Å². The normalized spacial score (nSPS) is 15.4. The van der Waals surface area contributed by atoms with Crippen LogP contribution in [0.1, 0.15) is 63.2 Å². The van der Waals surface area contributed by atoms with Gasteiger partial charge >= 0.3 is 12.0 Å². The summed E-state index contributed by atoms with van der Waals surface area (Å²) in [5.74, 6) is -1.84. The number of benzene rings is 2. The van der Waals surface area contributed by atoms with Crippen LogP contribution in [0.25, 0.3) is 0 Å². The van der Waals surface area contributed by atoms with Crippen LogP contribution in [0.5, 0.6) is 5.75 Å². The van der Waals surface area contributed by atoms with Crippen LogP contribution in [0.3, 0.4) is 0 Å². The van der Waals surface area contributed by atoms with Crippen molar-refractivity contribution in [2.75, 3.05) is 19.0 Å². The van der Waals surface area contributed by atoms with Gasteiger partial charge in [0.2, 0.25) is 0 Å². The highest BCUT2D eigenvalue weighted by atomic mass is 16.5. The van der Waals surface area contributed by atoms with Crippen LogP contribution in [0.15, 0.2) is 42.5 Å². The number of urea groups is 1. The maximum Gasteiger partial charge on any atom is 0.338 e. The summed E-state index contributed by atoms with van der Waals surface area (Å²) in [5, 5.41) is 4.53. The molecular weight excluding hydrogens is 454 g/mol. The number of methoxy groups -OCH3 is 1. The smallest absolute Gasteiger partial charge is 0.338 e. The van der Waals surface area contributed by atoms with Crippen LogP contribution in [0, 0.1) is 0 Å². The molecule has 1 aliphatic heterocycles. The highest BCUT2D eigenvalue weighted by Crippen LogP contribution is 2.31. The zero-order valence-corrected chi connectivity index (χ0v) is 19.2. The lowest BCUT2D eigenvalue weighted by molar-refractivity contribution is -0.123. The Morgan fingerprint density at radius 1 is 0.943 bits per heavy atom. The van der Waals surface area contributed by atoms with Crippen molar-refractivity contribution >= 4 is 35.4 Å². The van der Waals surface area contributed by atoms with Crippen molar-refractivity contribution in [1.82, 2.24) is 10.2 Å². The van der Waals surface area contributed by atoms with Gasteiger partial charge in [-0.3, -0.25) is 24.6 Å². The van der Waals surface area contributed by atoms with Gasteiger partial charge < -0.3 is 14.8 Å². The van der Waals surface area contributed by atoms with Crippen LogP contribution in [0.2, 0.25) is 0 Å². The number of anilines is 1. The number of carbonyl (C=O) groups is 5. The first-order valence-corrected chi connectivity index (χ1v) is 11.3. The van der Waals surface area contributed by atoms with Gasteiger partial charge in [-0.1, -0.05) is 19.3 Å². The molecule has 2 aromatic carbocycles. The number of nitrogens with zero attached hydrogens (tertiary/aromatic N) is 1. The Hall–Kier alpha value is -4.21. The molecule has 1 saturated carbocycles. The Morgan fingerprint density at radius 3 is 2.31 bits per heavy atom. The van der Waals surface area contributed by atoms with Crippen LogP contribution < -0.4 is 15.4 Å². The average molecular weight is 479 g/mol. The lowest BCUT2D eigenvalue weighted by Gasteiger charge is -2.29. The minimum Gasteiger partial charge on any atom is -0.497 e. The molecule has 1 fully saturated rings. The van der Waals surface area contributed by atoms with Crippen LogP contribution in [-0.2, 0) is 9.53 Å². The molecular formula is C25H25N3O7. The average Bonchev–Trinajstić information content (AvgIpc) is 3.12. The fraction of sp³-hybridized carbons (Fsp3) is 0.320. The van der Waals surface area contributed by atoms with Crippen molar-refractivity contribution in [2.45, 2.75) is 38.1 Å². The molecule has 2 N–H and O–H groups in total. The third-order valence-electron chi connectivity index (χ3n) is 6.03. The Labute approximate surface area is 201 Å². The van der Waals surface area contributed by atoms with E-state index in [9.17, 15) is 24.0 Å². The molecule has 35 heavy (non-hydrogen) atoms. The van der Waals surface area contributed by atoms with Crippen LogP contribution in [-0.4, -0.2) is 54.4 Å². The molecule has 1 aliphatic carbocycles. The largest absolute Gasteiger partial charge is 0.497 e. The first kappa shape index (κ1) is 23.9. The molecule has 2 aliphatic rings. The van der Waals surface area contributed by atoms with E-state index in [0.29, 0.717) is 11.4 Å². The van der Waals surface area contributed by atoms with Gasteiger partial charge in [-0.25, -0.2) is 9.59 Å². The van der Waals surface area contributed by atoms with E-state index in [4.69, 9.17) is 9.47 Å². The summed E-state index contributed by atoms with van der Waals surface area (Å²) in [4.78, 5) is 63.3. The maximum atomic E-state index is 12.9. The van der Waals surface area contributed by atoms with Crippen molar-refractivity contribution in [2.24, 2.45) is 0 Å². The third kappa shape index (κ3) is 5.32. The van der Waals surface area contributed by atoms with Crippen LogP contribution in [0.4, 0.5) is 10.5 Å². The minimum absolute atomic E-state index is 0.0332. The van der Waals surface area contributed by atoms with Gasteiger partial charge in [-0.15, -0.1) is 0 Å². The fourth-order valence-electron chi connectivity index (χ4n) is 4.27. The van der Waals surface area contributed by atoms with Crippen molar-refractivity contribution in [1.29, 1.82) is 0 Å². The number of nitrogens with one attached hydrogen (secondary N) is 2. The number of amides is 5. The summed E-state index contributed by atoms with van der Waals surface area (Å²) in [5.41, 5.74) is 0.877. The fourth-order valence-corrected chi connectivity index (χ4v) is 4.27. The Balaban J connectivity index is 1.31. The third-order valence-corrected chi connectivity index (χ3v) is 6.03. The van der Waals surface area contributed by atoms with E-state index in [2.05, 4.69) is 10.6 Å². The molecule has 1 heterocycles. The molecule has 0 saturated heterocycles. The van der Waals surface area contributed by atoms with Gasteiger partial charge in [-0.2, -0.15) is 0 Å². The van der Waals surface area contributed by atoms with E-state index < -0.39 is 30.4 Å². The monoisotopic (exact) mass is 479 g/mol. The molecule has 10 heteroatoms. The standard InChI is InChI=1S/C25H25N3O7/c1-34-18-10-8-16(9-11-18)26-25(33)27-21(29)14-35-24(32)15-7-12-19-20(13-15)23(31)28(22(19)30)17-5-3-2-4-6-17/h7-13,17H,2-6,14H2,1H3,(H2,26,27,29,33). The Kier molecular flexibility index (Phi) is 7.09. The van der Waals surface area contributed by atoms with Crippen molar-refractivity contribution in [3.05, 3.63) is 59.2 Å². The van der Waals surface area contributed by atoms with Gasteiger partial charge in [0.1, 0.15) is 5.75 Å². The minimum atomic E-state index is -0.852. The molecule has 5 amide bonds. The number of rotatable bonds is 6. The molecule has 2 aromatic rings. The molecule has 182 valence electrons. The number of ether oxygens (including phenoxy) is 2. The van der Waals surface area contributed by atoms with Crippen molar-refractivity contribution in [3.63, 3.8) is 0 Å². The summed E-state index contributed by atoms with van der Waals surface area (Å²) < 4.78 is 10.0. The van der Waals surface area contributed by atoms with E-state index in [1.807, 2.05) is 0 Å². The topological polar surface area (TPSA) is 131 Å². The Bertz CT molecular complexity index is 1170. The van der Waals surface area contributed by atoms with Crippen molar-refractivity contribution < 1.29 is 33.4 Å². The summed E-state index contributed by atoms with van der Waals surface area (Å²) in [7, 11) is 1.52. The molecule has 0 spiro atoms. The van der Waals surface area contributed by atoms with E-state index in [-0.39, 0.29) is 28.6 Å². The second-order valence-electron chi connectivity index (χ2n) is 8.34. The van der Waals surface area contributed by atoms with Gasteiger partial charge in [0, 0.05) is 11.7 Å². The molecule has 0 bridgehead atoms. The van der Waals surface area contributed by atoms with E-state index in [1.165, 1.54) is 30.2 Å². The SMILES string of the molecule is COc1ccc(NC(=O)NC(=O)COC(=O)c2ccc3c(c2)C(=O)N(C2CCCCC2)C3=O)cc1. The second-order valence-corrected chi connectivity index (χ2v) is 8.34. The number of carbonyl (C=O) groups excluding carboxylic acids is 5. The van der Waals surface area contributed by atoms with Crippen molar-refractivity contribution in [3.8, 4) is 5.75 Å². The van der Waals surface area contributed by atoms with Gasteiger partial charge in [0.05, 0.1) is 23.8 Å². The summed E-state index contributed by atoms with van der Waals surface area (Å²) >= 11 is 0. The number of hydrogen-bond acceptors (Lipinski definition) is 7. The predicted octanol–water partition coefficient (Wildman–Crippen LogP) is 3.13. The summed E-state index contributed by atoms with van der Waals surface area (Å²) in [6, 6.07) is 9.68. The summed E-state index contributed by atoms with van der Waals surface area (Å²) in [6.45, 7) is -0.701. The first-order valence-electron chi connectivity index (χ1n) is 11.3. The van der Waals surface area contributed by atoms with Gasteiger partial charge in [0.15, 0.2) is 6.61 Å². The molecule has 0 aromatic heterocycles. The number of hydrogen-bond donors (Lipinski definition) is 2. The molecule has 0 radical (unpaired) electrons. The summed E-state index contributed by atoms with van der Waals surface area (Å²) in [6.07, 6.45) is 4.58. The second kappa shape index (κ2) is 10.4. The van der Waals surface area contributed by atoms with Gasteiger partial charge in [0.25, 0.3) is 17.7 Å². The number of imide groups is 2. The number of esters is 1. The molecule has 10 nitrogen and oxygen atoms in total. The molecule has 0 unspecified atom stereocenters. The zero-order valence-electron chi connectivity index (χ0n) is 19.2. The van der Waals surface area contributed by atoms with E-state index >= 15 is 0 Å². The highest BCUT2D eigenvalue weighted by Gasteiger charge is 2.40. The highest BCUT2D eigenvalue weighted by molar-refractivity contribution is 6.22. The lowest BCUT2D eigenvalue weighted by atomic mass is 9.94. The maximum absolute atomic E-state index is 12.9. The molecule has 0 atom stereocenters. The van der Waals surface area contributed by atoms with Crippen LogP contribution >= 0.6 is 0 Å². The van der Waals surface area contributed by atoms with Gasteiger partial charge in [-0.05, 0) is 55.3 Å². The Morgan fingerprint density at radius 2 is 1.63 bits per heavy atom. The molecule has 4 rings (SSSR count). The van der Waals surface area contributed by atoms with E-state index in [0.717, 1.165) is 32.1 Å². The number of fused-ring (bicyclic) bond motifs is 1.